The average Bonchev–Trinajstić information content (AvgIpc) is 3.58. The number of hydrogen-bond acceptors (Lipinski definition) is 7. The van der Waals surface area contributed by atoms with Gasteiger partial charge in [0.2, 0.25) is 5.78 Å². The smallest absolute Gasteiger partial charge is 0.296 e. The van der Waals surface area contributed by atoms with Gasteiger partial charge >= 0.3 is 0 Å². The molecule has 182 valence electrons. The van der Waals surface area contributed by atoms with E-state index >= 15 is 0 Å². The molecule has 0 aliphatic carbocycles. The molecular formula is C28H24N2O5S. The highest BCUT2D eigenvalue weighted by Gasteiger charge is 2.46. The van der Waals surface area contributed by atoms with E-state index in [0.29, 0.717) is 28.8 Å². The fourth-order valence-electron chi connectivity index (χ4n) is 4.22. The van der Waals surface area contributed by atoms with Gasteiger partial charge in [-0.15, -0.1) is 0 Å². The summed E-state index contributed by atoms with van der Waals surface area (Å²) in [5.41, 5.74) is 2.47. The number of aryl methyl sites for hydroxylation is 2. The van der Waals surface area contributed by atoms with Crippen LogP contribution in [0.15, 0.2) is 83.0 Å². The van der Waals surface area contributed by atoms with Gasteiger partial charge in [0.05, 0.1) is 21.8 Å². The molecule has 1 aliphatic heterocycles. The second-order valence-electron chi connectivity index (χ2n) is 8.40. The van der Waals surface area contributed by atoms with E-state index in [2.05, 4.69) is 18.5 Å². The third-order valence-electron chi connectivity index (χ3n) is 6.04. The van der Waals surface area contributed by atoms with E-state index in [9.17, 15) is 14.7 Å². The Balaban J connectivity index is 1.62. The van der Waals surface area contributed by atoms with E-state index in [4.69, 9.17) is 9.15 Å². The molecular weight excluding hydrogens is 476 g/mol. The van der Waals surface area contributed by atoms with Gasteiger partial charge in [-0.1, -0.05) is 49.1 Å². The number of anilines is 1. The lowest BCUT2D eigenvalue weighted by atomic mass is 9.95. The molecule has 0 saturated heterocycles. The van der Waals surface area contributed by atoms with Crippen molar-refractivity contribution in [1.29, 1.82) is 0 Å². The maximum Gasteiger partial charge on any atom is 0.296 e. The van der Waals surface area contributed by atoms with Crippen molar-refractivity contribution >= 4 is 38.4 Å². The molecule has 2 aromatic carbocycles. The molecule has 36 heavy (non-hydrogen) atoms. The Morgan fingerprint density at radius 3 is 2.67 bits per heavy atom. The third kappa shape index (κ3) is 4.09. The van der Waals surface area contributed by atoms with E-state index in [0.717, 1.165) is 22.2 Å². The maximum absolute atomic E-state index is 13.5. The number of Topliss-reactive ketones (excluding diaryl/α,β-unsaturated/α-hetero) is 1. The van der Waals surface area contributed by atoms with Gasteiger partial charge < -0.3 is 14.3 Å². The molecule has 8 heteroatoms. The topological polar surface area (TPSA) is 92.9 Å². The summed E-state index contributed by atoms with van der Waals surface area (Å²) < 4.78 is 12.0. The third-order valence-corrected chi connectivity index (χ3v) is 7.05. The van der Waals surface area contributed by atoms with Crippen molar-refractivity contribution in [2.75, 3.05) is 11.5 Å². The summed E-state index contributed by atoms with van der Waals surface area (Å²) in [7, 11) is 0. The Hall–Kier alpha value is -4.17. The Kier molecular flexibility index (Phi) is 6.20. The number of thiazole rings is 1. The summed E-state index contributed by atoms with van der Waals surface area (Å²) in [5.74, 6) is -0.630. The van der Waals surface area contributed by atoms with Gasteiger partial charge in [0, 0.05) is 0 Å². The Labute approximate surface area is 212 Å². The van der Waals surface area contributed by atoms with Gasteiger partial charge in [-0.05, 0) is 60.9 Å². The van der Waals surface area contributed by atoms with Crippen molar-refractivity contribution in [3.63, 3.8) is 0 Å². The van der Waals surface area contributed by atoms with Crippen molar-refractivity contribution in [1.82, 2.24) is 4.98 Å². The maximum atomic E-state index is 13.5. The summed E-state index contributed by atoms with van der Waals surface area (Å²) >= 11 is 1.34. The van der Waals surface area contributed by atoms with Crippen LogP contribution in [0.4, 0.5) is 5.13 Å². The van der Waals surface area contributed by atoms with Crippen molar-refractivity contribution in [2.24, 2.45) is 0 Å². The molecule has 0 bridgehead atoms. The lowest BCUT2D eigenvalue weighted by Crippen LogP contribution is -2.30. The van der Waals surface area contributed by atoms with Crippen LogP contribution in [0.25, 0.3) is 10.2 Å². The van der Waals surface area contributed by atoms with Crippen LogP contribution in [-0.2, 0) is 11.2 Å². The van der Waals surface area contributed by atoms with E-state index in [1.165, 1.54) is 16.2 Å². The van der Waals surface area contributed by atoms with Gasteiger partial charge in [0.25, 0.3) is 5.91 Å². The number of aliphatic hydroxyl groups is 1. The van der Waals surface area contributed by atoms with E-state index < -0.39 is 23.5 Å². The summed E-state index contributed by atoms with van der Waals surface area (Å²) in [6, 6.07) is 15.3. The zero-order valence-corrected chi connectivity index (χ0v) is 20.7. The zero-order chi connectivity index (χ0) is 25.4. The average molecular weight is 501 g/mol. The number of hydrogen-bond donors (Lipinski definition) is 1. The highest BCUT2D eigenvalue weighted by molar-refractivity contribution is 7.22. The number of carbonyl (C=O) groups excluding carboxylic acids is 2. The van der Waals surface area contributed by atoms with Crippen molar-refractivity contribution < 1.29 is 23.8 Å². The standard InChI is InChI=1S/C28H24N2O5S/c1-4-14-34-19-10-8-18(9-11-19)24-23(25(31)21-13-6-16(3)35-21)26(32)27(33)30(24)28-29-20-12-7-17(5-2)15-22(20)36-28/h4,6-13,15,24,32H,1,5,14H2,2-3H3. The second kappa shape index (κ2) is 9.47. The van der Waals surface area contributed by atoms with Gasteiger partial charge in [0.15, 0.2) is 16.7 Å². The van der Waals surface area contributed by atoms with Crippen LogP contribution in [0.3, 0.4) is 0 Å². The molecule has 3 heterocycles. The first-order chi connectivity index (χ1) is 17.4. The summed E-state index contributed by atoms with van der Waals surface area (Å²) in [5, 5.41) is 11.3. The molecule has 2 aromatic heterocycles. The molecule has 5 rings (SSSR count). The first-order valence-corrected chi connectivity index (χ1v) is 12.3. The highest BCUT2D eigenvalue weighted by Crippen LogP contribution is 2.44. The number of fused-ring (bicyclic) bond motifs is 1. The Morgan fingerprint density at radius 2 is 2.00 bits per heavy atom. The van der Waals surface area contributed by atoms with Crippen LogP contribution in [0.5, 0.6) is 5.75 Å². The number of amides is 1. The summed E-state index contributed by atoms with van der Waals surface area (Å²) in [6.45, 7) is 7.79. The summed E-state index contributed by atoms with van der Waals surface area (Å²) in [4.78, 5) is 33.0. The summed E-state index contributed by atoms with van der Waals surface area (Å²) in [6.07, 6.45) is 2.52. The molecule has 1 N–H and O–H groups in total. The molecule has 0 radical (unpaired) electrons. The number of furan rings is 1. The zero-order valence-electron chi connectivity index (χ0n) is 19.9. The number of ketones is 1. The predicted molar refractivity (Wildman–Crippen MR) is 139 cm³/mol. The minimum atomic E-state index is -0.893. The molecule has 0 spiro atoms. The largest absolute Gasteiger partial charge is 0.503 e. The first-order valence-electron chi connectivity index (χ1n) is 11.5. The van der Waals surface area contributed by atoms with Crippen LogP contribution in [0, 0.1) is 6.92 Å². The van der Waals surface area contributed by atoms with Gasteiger partial charge in [-0.25, -0.2) is 4.98 Å². The van der Waals surface area contributed by atoms with Crippen LogP contribution in [0.2, 0.25) is 0 Å². The monoisotopic (exact) mass is 500 g/mol. The van der Waals surface area contributed by atoms with Crippen molar-refractivity contribution in [3.8, 4) is 5.75 Å². The molecule has 1 aliphatic rings. The number of benzene rings is 2. The van der Waals surface area contributed by atoms with Crippen LogP contribution in [-0.4, -0.2) is 28.4 Å². The number of aliphatic hydroxyl groups excluding tert-OH is 1. The Bertz CT molecular complexity index is 1510. The number of nitrogens with zero attached hydrogens (tertiary/aromatic N) is 2. The van der Waals surface area contributed by atoms with Gasteiger partial charge in [-0.2, -0.15) is 0 Å². The molecule has 0 fully saturated rings. The number of ether oxygens (including phenoxy) is 1. The Morgan fingerprint density at radius 1 is 1.22 bits per heavy atom. The minimum absolute atomic E-state index is 0.0523. The van der Waals surface area contributed by atoms with E-state index in [-0.39, 0.29) is 11.3 Å². The number of rotatable bonds is 8. The fourth-order valence-corrected chi connectivity index (χ4v) is 5.28. The minimum Gasteiger partial charge on any atom is -0.503 e. The molecule has 4 aromatic rings. The highest BCUT2D eigenvalue weighted by atomic mass is 32.1. The lowest BCUT2D eigenvalue weighted by molar-refractivity contribution is -0.117. The van der Waals surface area contributed by atoms with Crippen LogP contribution in [0.1, 0.15) is 40.4 Å². The van der Waals surface area contributed by atoms with Crippen LogP contribution < -0.4 is 9.64 Å². The van der Waals surface area contributed by atoms with Crippen molar-refractivity contribution in [3.05, 3.63) is 101 Å². The molecule has 7 nitrogen and oxygen atoms in total. The quantitative estimate of drug-likeness (QED) is 0.232. The fraction of sp³-hybridized carbons (Fsp3) is 0.179. The predicted octanol–water partition coefficient (Wildman–Crippen LogP) is 6.11. The van der Waals surface area contributed by atoms with Gasteiger partial charge in [0.1, 0.15) is 18.1 Å². The van der Waals surface area contributed by atoms with Crippen molar-refractivity contribution in [2.45, 2.75) is 26.3 Å². The molecule has 0 saturated carbocycles. The van der Waals surface area contributed by atoms with E-state index in [1.54, 1.807) is 49.4 Å². The van der Waals surface area contributed by atoms with E-state index in [1.807, 2.05) is 18.2 Å². The molecule has 1 atom stereocenters. The second-order valence-corrected chi connectivity index (χ2v) is 9.41. The normalized spacial score (nSPS) is 15.7. The number of carbonyl (C=O) groups is 2. The SMILES string of the molecule is C=CCOc1ccc(C2C(C(=O)c3ccc(C)o3)=C(O)C(=O)N2c2nc3ccc(CC)cc3s2)cc1. The van der Waals surface area contributed by atoms with Gasteiger partial charge in [-0.3, -0.25) is 14.5 Å². The first kappa shape index (κ1) is 23.6. The van der Waals surface area contributed by atoms with Crippen LogP contribution >= 0.6 is 11.3 Å². The molecule has 1 amide bonds. The number of aromatic nitrogens is 1. The lowest BCUT2D eigenvalue weighted by Gasteiger charge is -2.24. The molecule has 1 unspecified atom stereocenters.